The van der Waals surface area contributed by atoms with Gasteiger partial charge in [0.25, 0.3) is 0 Å². The Kier molecular flexibility index (Phi) is 4.52. The van der Waals surface area contributed by atoms with Gasteiger partial charge in [-0.3, -0.25) is 0 Å². The SMILES string of the molecule is O=S(=O)(Cc1ccccc1)N[C@H]1CCSc2ccc(F)cc21. The molecule has 22 heavy (non-hydrogen) atoms. The van der Waals surface area contributed by atoms with Crippen LogP contribution in [0.3, 0.4) is 0 Å². The Balaban J connectivity index is 1.80. The van der Waals surface area contributed by atoms with Gasteiger partial charge in [-0.2, -0.15) is 0 Å². The van der Waals surface area contributed by atoms with Gasteiger partial charge in [0, 0.05) is 10.9 Å². The van der Waals surface area contributed by atoms with Crippen molar-refractivity contribution < 1.29 is 12.8 Å². The summed E-state index contributed by atoms with van der Waals surface area (Å²) in [4.78, 5) is 0.945. The molecule has 1 aliphatic heterocycles. The first-order valence-electron chi connectivity index (χ1n) is 7.00. The summed E-state index contributed by atoms with van der Waals surface area (Å²) in [6, 6.07) is 13.2. The van der Waals surface area contributed by atoms with E-state index in [2.05, 4.69) is 4.72 Å². The van der Waals surface area contributed by atoms with Crippen molar-refractivity contribution in [3.8, 4) is 0 Å². The highest BCUT2D eigenvalue weighted by atomic mass is 32.2. The number of rotatable bonds is 4. The van der Waals surface area contributed by atoms with Crippen LogP contribution in [0, 0.1) is 5.82 Å². The zero-order valence-corrected chi connectivity index (χ0v) is 13.5. The Morgan fingerprint density at radius 2 is 1.95 bits per heavy atom. The highest BCUT2D eigenvalue weighted by molar-refractivity contribution is 7.99. The topological polar surface area (TPSA) is 46.2 Å². The normalized spacial score (nSPS) is 18.0. The zero-order valence-electron chi connectivity index (χ0n) is 11.8. The van der Waals surface area contributed by atoms with Crippen molar-refractivity contribution in [2.24, 2.45) is 0 Å². The highest BCUT2D eigenvalue weighted by Gasteiger charge is 2.25. The van der Waals surface area contributed by atoms with Crippen molar-refractivity contribution in [3.05, 3.63) is 65.5 Å². The van der Waals surface area contributed by atoms with Crippen LogP contribution < -0.4 is 4.72 Å². The van der Waals surface area contributed by atoms with E-state index in [1.54, 1.807) is 30.0 Å². The van der Waals surface area contributed by atoms with Gasteiger partial charge in [0.15, 0.2) is 0 Å². The summed E-state index contributed by atoms with van der Waals surface area (Å²) in [6.45, 7) is 0. The van der Waals surface area contributed by atoms with E-state index in [0.717, 1.165) is 21.8 Å². The van der Waals surface area contributed by atoms with Gasteiger partial charge in [0.05, 0.1) is 5.75 Å². The molecule has 0 unspecified atom stereocenters. The number of hydrogen-bond donors (Lipinski definition) is 1. The molecule has 0 fully saturated rings. The zero-order chi connectivity index (χ0) is 15.6. The lowest BCUT2D eigenvalue weighted by Gasteiger charge is -2.25. The number of sulfonamides is 1. The molecular weight excluding hydrogens is 321 g/mol. The summed E-state index contributed by atoms with van der Waals surface area (Å²) < 4.78 is 40.9. The molecule has 0 radical (unpaired) electrons. The largest absolute Gasteiger partial charge is 0.216 e. The molecule has 0 amide bonds. The van der Waals surface area contributed by atoms with Gasteiger partial charge in [0.2, 0.25) is 10.0 Å². The predicted molar refractivity (Wildman–Crippen MR) is 86.7 cm³/mol. The van der Waals surface area contributed by atoms with Crippen LogP contribution in [0.25, 0.3) is 0 Å². The van der Waals surface area contributed by atoms with E-state index in [1.165, 1.54) is 12.1 Å². The van der Waals surface area contributed by atoms with E-state index in [-0.39, 0.29) is 17.6 Å². The molecular formula is C16H16FNO2S2. The van der Waals surface area contributed by atoms with E-state index in [0.29, 0.717) is 6.42 Å². The van der Waals surface area contributed by atoms with Crippen LogP contribution in [0.1, 0.15) is 23.6 Å². The number of hydrogen-bond acceptors (Lipinski definition) is 3. The molecule has 3 nitrogen and oxygen atoms in total. The van der Waals surface area contributed by atoms with E-state index in [9.17, 15) is 12.8 Å². The minimum atomic E-state index is -3.47. The molecule has 0 saturated carbocycles. The summed E-state index contributed by atoms with van der Waals surface area (Å²) in [5.74, 6) is 0.410. The summed E-state index contributed by atoms with van der Waals surface area (Å²) in [6.07, 6.45) is 0.662. The Labute approximate surface area is 134 Å². The van der Waals surface area contributed by atoms with Gasteiger partial charge in [-0.15, -0.1) is 11.8 Å². The quantitative estimate of drug-likeness (QED) is 0.929. The Morgan fingerprint density at radius 1 is 1.18 bits per heavy atom. The lowest BCUT2D eigenvalue weighted by Crippen LogP contribution is -2.31. The molecule has 0 aliphatic carbocycles. The second-order valence-corrected chi connectivity index (χ2v) is 8.13. The third kappa shape index (κ3) is 3.69. The van der Waals surface area contributed by atoms with Gasteiger partial charge >= 0.3 is 0 Å². The molecule has 2 aromatic rings. The molecule has 0 spiro atoms. The fraction of sp³-hybridized carbons (Fsp3) is 0.250. The van der Waals surface area contributed by atoms with E-state index in [4.69, 9.17) is 0 Å². The molecule has 0 saturated heterocycles. The van der Waals surface area contributed by atoms with Crippen molar-refractivity contribution >= 4 is 21.8 Å². The van der Waals surface area contributed by atoms with Crippen LogP contribution in [-0.2, 0) is 15.8 Å². The first-order chi connectivity index (χ1) is 10.5. The predicted octanol–water partition coefficient (Wildman–Crippen LogP) is 3.48. The number of thioether (sulfide) groups is 1. The minimum Gasteiger partial charge on any atom is -0.212 e. The molecule has 1 N–H and O–H groups in total. The van der Waals surface area contributed by atoms with Crippen molar-refractivity contribution in [1.29, 1.82) is 0 Å². The van der Waals surface area contributed by atoms with Crippen LogP contribution in [-0.4, -0.2) is 14.2 Å². The standard InChI is InChI=1S/C16H16FNO2S2/c17-13-6-7-16-14(10-13)15(8-9-21-16)18-22(19,20)11-12-4-2-1-3-5-12/h1-7,10,15,18H,8-9,11H2/t15-/m0/s1. The second kappa shape index (κ2) is 6.40. The Hall–Kier alpha value is -1.37. The molecule has 116 valence electrons. The third-order valence-electron chi connectivity index (χ3n) is 3.53. The van der Waals surface area contributed by atoms with Gasteiger partial charge in [-0.1, -0.05) is 30.3 Å². The summed E-state index contributed by atoms with van der Waals surface area (Å²) >= 11 is 1.63. The van der Waals surface area contributed by atoms with Gasteiger partial charge in [-0.05, 0) is 41.5 Å². The molecule has 0 aromatic heterocycles. The molecule has 2 aromatic carbocycles. The number of nitrogens with one attached hydrogen (secondary N) is 1. The number of benzene rings is 2. The first-order valence-corrected chi connectivity index (χ1v) is 9.63. The highest BCUT2D eigenvalue weighted by Crippen LogP contribution is 2.36. The average Bonchev–Trinajstić information content (AvgIpc) is 2.48. The van der Waals surface area contributed by atoms with Gasteiger partial charge < -0.3 is 0 Å². The van der Waals surface area contributed by atoms with Crippen molar-refractivity contribution in [3.63, 3.8) is 0 Å². The maximum absolute atomic E-state index is 13.5. The van der Waals surface area contributed by atoms with Gasteiger partial charge in [-0.25, -0.2) is 17.5 Å². The lowest BCUT2D eigenvalue weighted by molar-refractivity contribution is 0.541. The van der Waals surface area contributed by atoms with Crippen LogP contribution in [0.15, 0.2) is 53.4 Å². The second-order valence-electron chi connectivity index (χ2n) is 5.23. The average molecular weight is 337 g/mol. The Morgan fingerprint density at radius 3 is 2.73 bits per heavy atom. The minimum absolute atomic E-state index is 0.0673. The van der Waals surface area contributed by atoms with Crippen molar-refractivity contribution in [1.82, 2.24) is 4.72 Å². The Bertz CT molecular complexity index is 763. The molecule has 1 heterocycles. The van der Waals surface area contributed by atoms with Crippen molar-refractivity contribution in [2.45, 2.75) is 23.1 Å². The fourth-order valence-electron chi connectivity index (χ4n) is 2.54. The van der Waals surface area contributed by atoms with E-state index < -0.39 is 10.0 Å². The lowest BCUT2D eigenvalue weighted by atomic mass is 10.0. The smallest absolute Gasteiger partial charge is 0.212 e. The molecule has 1 aliphatic rings. The monoisotopic (exact) mass is 337 g/mol. The van der Waals surface area contributed by atoms with Crippen LogP contribution in [0.4, 0.5) is 4.39 Å². The first kappa shape index (κ1) is 15.5. The molecule has 0 bridgehead atoms. The maximum atomic E-state index is 13.5. The van der Waals surface area contributed by atoms with E-state index >= 15 is 0 Å². The number of fused-ring (bicyclic) bond motifs is 1. The molecule has 6 heteroatoms. The summed E-state index contributed by atoms with van der Waals surface area (Å²) in [5.41, 5.74) is 1.47. The third-order valence-corrected chi connectivity index (χ3v) is 6.01. The summed E-state index contributed by atoms with van der Waals surface area (Å²) in [5, 5.41) is 0. The van der Waals surface area contributed by atoms with E-state index in [1.807, 2.05) is 18.2 Å². The van der Waals surface area contributed by atoms with Crippen LogP contribution >= 0.6 is 11.8 Å². The van der Waals surface area contributed by atoms with Crippen LogP contribution in [0.2, 0.25) is 0 Å². The van der Waals surface area contributed by atoms with Crippen molar-refractivity contribution in [2.75, 3.05) is 5.75 Å². The fourth-order valence-corrected chi connectivity index (χ4v) is 5.04. The molecule has 3 rings (SSSR count). The number of halogens is 1. The maximum Gasteiger partial charge on any atom is 0.216 e. The van der Waals surface area contributed by atoms with Crippen LogP contribution in [0.5, 0.6) is 0 Å². The van der Waals surface area contributed by atoms with Gasteiger partial charge in [0.1, 0.15) is 5.82 Å². The summed E-state index contributed by atoms with van der Waals surface area (Å²) in [7, 11) is -3.47. The molecule has 1 atom stereocenters.